The number of aryl methyl sites for hydroxylation is 1. The highest BCUT2D eigenvalue weighted by Crippen LogP contribution is 2.36. The highest BCUT2D eigenvalue weighted by molar-refractivity contribution is 6.62. The van der Waals surface area contributed by atoms with Crippen LogP contribution in [0.3, 0.4) is 0 Å². The topological polar surface area (TPSA) is 62.6 Å². The summed E-state index contributed by atoms with van der Waals surface area (Å²) in [6, 6.07) is 5.74. The molecule has 0 unspecified atom stereocenters. The molecule has 0 aliphatic carbocycles. The van der Waals surface area contributed by atoms with Gasteiger partial charge in [0, 0.05) is 12.4 Å². The number of aromatic nitrogens is 2. The molecule has 1 saturated heterocycles. The minimum Gasteiger partial charge on any atom is -0.464 e. The first-order chi connectivity index (χ1) is 10.7. The molecule has 1 aliphatic rings. The lowest BCUT2D eigenvalue weighted by molar-refractivity contribution is 0.00578. The Morgan fingerprint density at radius 3 is 2.39 bits per heavy atom. The van der Waals surface area contributed by atoms with Crippen LogP contribution in [-0.4, -0.2) is 41.2 Å². The number of nitrogens with zero attached hydrogens (tertiary/aromatic N) is 2. The summed E-state index contributed by atoms with van der Waals surface area (Å²) in [7, 11) is 2.67. The van der Waals surface area contributed by atoms with E-state index in [1.807, 2.05) is 45.9 Å². The highest BCUT2D eigenvalue weighted by atomic mass is 16.7. The number of benzene rings is 1. The first kappa shape index (κ1) is 16.0. The van der Waals surface area contributed by atoms with Crippen LogP contribution in [0, 0.1) is 0 Å². The molecule has 122 valence electrons. The summed E-state index contributed by atoms with van der Waals surface area (Å²) in [5, 5.41) is 4.97. The largest absolute Gasteiger partial charge is 0.494 e. The number of rotatable bonds is 2. The van der Waals surface area contributed by atoms with Gasteiger partial charge in [-0.25, -0.2) is 4.79 Å². The summed E-state index contributed by atoms with van der Waals surface area (Å²) in [6.45, 7) is 8.04. The molecule has 2 heterocycles. The maximum atomic E-state index is 11.9. The number of fused-ring (bicyclic) bond motifs is 1. The van der Waals surface area contributed by atoms with Crippen LogP contribution >= 0.6 is 0 Å². The molecule has 0 amide bonds. The number of carbonyl (C=O) groups is 1. The van der Waals surface area contributed by atoms with Gasteiger partial charge < -0.3 is 14.0 Å². The Morgan fingerprint density at radius 2 is 1.83 bits per heavy atom. The van der Waals surface area contributed by atoms with Gasteiger partial charge in [-0.3, -0.25) is 4.68 Å². The second-order valence-electron chi connectivity index (χ2n) is 6.83. The van der Waals surface area contributed by atoms with Gasteiger partial charge in [0.2, 0.25) is 0 Å². The normalized spacial score (nSPS) is 19.3. The Kier molecular flexibility index (Phi) is 3.53. The maximum Gasteiger partial charge on any atom is 0.494 e. The number of carbonyl (C=O) groups excluding carboxylic acids is 1. The predicted octanol–water partition coefficient (Wildman–Crippen LogP) is 1.66. The molecule has 2 aromatic rings. The van der Waals surface area contributed by atoms with Gasteiger partial charge in [-0.2, -0.15) is 5.10 Å². The average Bonchev–Trinajstić information content (AvgIpc) is 2.92. The van der Waals surface area contributed by atoms with Gasteiger partial charge in [-0.05, 0) is 39.2 Å². The van der Waals surface area contributed by atoms with Crippen LogP contribution in [0.2, 0.25) is 0 Å². The highest BCUT2D eigenvalue weighted by Gasteiger charge is 2.51. The summed E-state index contributed by atoms with van der Waals surface area (Å²) in [4.78, 5) is 11.9. The summed E-state index contributed by atoms with van der Waals surface area (Å²) >= 11 is 0. The van der Waals surface area contributed by atoms with Crippen molar-refractivity contribution < 1.29 is 18.8 Å². The minimum atomic E-state index is -0.477. The molecule has 0 bridgehead atoms. The van der Waals surface area contributed by atoms with E-state index in [0.717, 1.165) is 16.4 Å². The van der Waals surface area contributed by atoms with Gasteiger partial charge in [0.05, 0.1) is 23.8 Å². The van der Waals surface area contributed by atoms with Crippen molar-refractivity contribution >= 4 is 29.5 Å². The minimum absolute atomic E-state index is 0.295. The van der Waals surface area contributed by atoms with Gasteiger partial charge in [-0.1, -0.05) is 12.1 Å². The average molecular weight is 316 g/mol. The van der Waals surface area contributed by atoms with E-state index in [-0.39, 0.29) is 0 Å². The van der Waals surface area contributed by atoms with E-state index >= 15 is 0 Å². The van der Waals surface area contributed by atoms with Crippen LogP contribution in [0.1, 0.15) is 38.2 Å². The van der Waals surface area contributed by atoms with Crippen molar-refractivity contribution in [1.29, 1.82) is 0 Å². The zero-order chi connectivity index (χ0) is 17.0. The third-order valence-corrected chi connectivity index (χ3v) is 4.78. The van der Waals surface area contributed by atoms with E-state index in [1.54, 1.807) is 11.7 Å². The van der Waals surface area contributed by atoms with Crippen molar-refractivity contribution in [2.45, 2.75) is 38.9 Å². The van der Waals surface area contributed by atoms with Crippen LogP contribution in [-0.2, 0) is 21.1 Å². The van der Waals surface area contributed by atoms with Crippen LogP contribution < -0.4 is 5.46 Å². The number of hydrogen-bond acceptors (Lipinski definition) is 5. The fourth-order valence-corrected chi connectivity index (χ4v) is 2.66. The number of methoxy groups -OCH3 is 1. The second kappa shape index (κ2) is 5.07. The van der Waals surface area contributed by atoms with Crippen LogP contribution in [0.25, 0.3) is 10.9 Å². The number of hydrogen-bond donors (Lipinski definition) is 0. The quantitative estimate of drug-likeness (QED) is 0.623. The number of esters is 1. The third-order valence-electron chi connectivity index (χ3n) is 4.78. The third kappa shape index (κ3) is 2.44. The zero-order valence-electron chi connectivity index (χ0n) is 14.3. The van der Waals surface area contributed by atoms with E-state index in [2.05, 4.69) is 5.10 Å². The zero-order valence-corrected chi connectivity index (χ0v) is 14.3. The molecule has 1 fully saturated rings. The van der Waals surface area contributed by atoms with Gasteiger partial charge in [-0.15, -0.1) is 0 Å². The molecule has 0 saturated carbocycles. The van der Waals surface area contributed by atoms with Crippen molar-refractivity contribution in [1.82, 2.24) is 9.78 Å². The molecule has 23 heavy (non-hydrogen) atoms. The molecule has 0 N–H and O–H groups in total. The van der Waals surface area contributed by atoms with Crippen molar-refractivity contribution in [3.8, 4) is 0 Å². The molecule has 1 aromatic carbocycles. The van der Waals surface area contributed by atoms with Crippen molar-refractivity contribution in [3.05, 3.63) is 23.9 Å². The lowest BCUT2D eigenvalue weighted by Crippen LogP contribution is -2.41. The Morgan fingerprint density at radius 1 is 1.22 bits per heavy atom. The standard InChI is InChI=1S/C16H21BN2O4/c1-15(2)16(3,4)23-17(22-15)10-7-8-12-11(9-10)13(14(20)21-6)18-19(12)5/h7-9H,1-6H3. The summed E-state index contributed by atoms with van der Waals surface area (Å²) in [5.41, 5.74) is 1.18. The van der Waals surface area contributed by atoms with E-state index in [0.29, 0.717) is 5.69 Å². The van der Waals surface area contributed by atoms with E-state index in [9.17, 15) is 4.79 Å². The van der Waals surface area contributed by atoms with Crippen molar-refractivity contribution in [2.24, 2.45) is 7.05 Å². The van der Waals surface area contributed by atoms with Crippen LogP contribution in [0.5, 0.6) is 0 Å². The van der Waals surface area contributed by atoms with Crippen molar-refractivity contribution in [2.75, 3.05) is 7.11 Å². The molecule has 1 aliphatic heterocycles. The van der Waals surface area contributed by atoms with Gasteiger partial charge in [0.15, 0.2) is 5.69 Å². The fraction of sp³-hybridized carbons (Fsp3) is 0.500. The Bertz CT molecular complexity index is 766. The second-order valence-corrected chi connectivity index (χ2v) is 6.83. The van der Waals surface area contributed by atoms with E-state index in [1.165, 1.54) is 7.11 Å². The first-order valence-electron chi connectivity index (χ1n) is 7.57. The molecular weight excluding hydrogens is 295 g/mol. The van der Waals surface area contributed by atoms with Crippen molar-refractivity contribution in [3.63, 3.8) is 0 Å². The van der Waals surface area contributed by atoms with Crippen LogP contribution in [0.4, 0.5) is 0 Å². The molecule has 0 atom stereocenters. The molecule has 7 heteroatoms. The summed E-state index contributed by atoms with van der Waals surface area (Å²) in [5.74, 6) is -0.457. The molecular formula is C16H21BN2O4. The Hall–Kier alpha value is -1.86. The molecule has 0 radical (unpaired) electrons. The Labute approximate surface area is 135 Å². The Balaban J connectivity index is 2.06. The van der Waals surface area contributed by atoms with Gasteiger partial charge >= 0.3 is 13.1 Å². The molecule has 1 aromatic heterocycles. The lowest BCUT2D eigenvalue weighted by atomic mass is 9.78. The van der Waals surface area contributed by atoms with Crippen LogP contribution in [0.15, 0.2) is 18.2 Å². The number of ether oxygens (including phenoxy) is 1. The molecule has 0 spiro atoms. The lowest BCUT2D eigenvalue weighted by Gasteiger charge is -2.32. The summed E-state index contributed by atoms with van der Waals surface area (Å²) in [6.07, 6.45) is 0. The first-order valence-corrected chi connectivity index (χ1v) is 7.57. The van der Waals surface area contributed by atoms with E-state index in [4.69, 9.17) is 14.0 Å². The molecule has 3 rings (SSSR count). The smallest absolute Gasteiger partial charge is 0.464 e. The maximum absolute atomic E-state index is 11.9. The van der Waals surface area contributed by atoms with Gasteiger partial charge in [0.1, 0.15) is 0 Å². The van der Waals surface area contributed by atoms with E-state index < -0.39 is 24.3 Å². The SMILES string of the molecule is COC(=O)c1nn(C)c2ccc(B3OC(C)(C)C(C)(C)O3)cc12. The molecule has 6 nitrogen and oxygen atoms in total. The summed E-state index contributed by atoms with van der Waals surface area (Å²) < 4.78 is 18.6. The van der Waals surface area contributed by atoms with Gasteiger partial charge in [0.25, 0.3) is 0 Å². The fourth-order valence-electron chi connectivity index (χ4n) is 2.66. The monoisotopic (exact) mass is 316 g/mol. The predicted molar refractivity (Wildman–Crippen MR) is 87.8 cm³/mol.